The summed E-state index contributed by atoms with van der Waals surface area (Å²) in [6.07, 6.45) is 32.1. The number of rotatable bonds is 18. The van der Waals surface area contributed by atoms with Crippen molar-refractivity contribution in [1.29, 1.82) is 0 Å². The normalized spacial score (nSPS) is 13.8. The number of anilines is 4. The Bertz CT molecular complexity index is 3070. The lowest BCUT2D eigenvalue weighted by molar-refractivity contribution is 0.967. The Hall–Kier alpha value is -8.46. The number of benzene rings is 7. The fraction of sp³-hybridized carbons (Fsp3) is 0.0882. The third-order valence-electron chi connectivity index (χ3n) is 12.6. The van der Waals surface area contributed by atoms with E-state index in [1.807, 2.05) is 19.1 Å². The van der Waals surface area contributed by atoms with Crippen LogP contribution >= 0.6 is 0 Å². The lowest BCUT2D eigenvalue weighted by Crippen LogP contribution is -2.15. The van der Waals surface area contributed by atoms with Crippen LogP contribution in [0.1, 0.15) is 61.8 Å². The van der Waals surface area contributed by atoms with Gasteiger partial charge in [-0.05, 0) is 149 Å². The molecule has 2 nitrogen and oxygen atoms in total. The second kappa shape index (κ2) is 24.5. The summed E-state index contributed by atoms with van der Waals surface area (Å²) in [6.45, 7) is 10.5. The third-order valence-corrected chi connectivity index (χ3v) is 12.6. The lowest BCUT2D eigenvalue weighted by Gasteiger charge is -2.26. The zero-order valence-corrected chi connectivity index (χ0v) is 40.7. The Balaban J connectivity index is 1.05. The van der Waals surface area contributed by atoms with E-state index < -0.39 is 0 Å². The molecule has 0 amide bonds. The molecular formula is C68H62N2. The fourth-order valence-electron chi connectivity index (χ4n) is 8.79. The quantitative estimate of drug-likeness (QED) is 0.0792. The predicted molar refractivity (Wildman–Crippen MR) is 304 cm³/mol. The molecule has 0 aliphatic heterocycles. The molecule has 0 radical (unpaired) electrons. The number of para-hydroxylation sites is 1. The first kappa shape index (κ1) is 48.0. The minimum Gasteiger partial charge on any atom is -0.317 e. The van der Waals surface area contributed by atoms with E-state index in [-0.39, 0.29) is 0 Å². The summed E-state index contributed by atoms with van der Waals surface area (Å²) >= 11 is 0. The maximum absolute atomic E-state index is 4.10. The first-order valence-corrected chi connectivity index (χ1v) is 24.4. The van der Waals surface area contributed by atoms with Crippen molar-refractivity contribution in [1.82, 2.24) is 0 Å². The maximum Gasteiger partial charge on any atom is 0.0461 e. The van der Waals surface area contributed by atoms with Gasteiger partial charge in [0.2, 0.25) is 0 Å². The average molecular weight is 907 g/mol. The van der Waals surface area contributed by atoms with E-state index in [1.54, 1.807) is 0 Å². The molecule has 0 aromatic heterocycles. The largest absolute Gasteiger partial charge is 0.317 e. The fourth-order valence-corrected chi connectivity index (χ4v) is 8.79. The van der Waals surface area contributed by atoms with E-state index in [9.17, 15) is 0 Å². The molecule has 0 bridgehead atoms. The molecule has 2 heteroatoms. The van der Waals surface area contributed by atoms with Crippen LogP contribution in [0.5, 0.6) is 0 Å². The smallest absolute Gasteiger partial charge is 0.0461 e. The molecule has 0 saturated carbocycles. The summed E-state index contributed by atoms with van der Waals surface area (Å²) in [7, 11) is 0. The lowest BCUT2D eigenvalue weighted by atomic mass is 9.95. The van der Waals surface area contributed by atoms with Gasteiger partial charge in [-0.2, -0.15) is 0 Å². The van der Waals surface area contributed by atoms with E-state index in [4.69, 9.17) is 0 Å². The van der Waals surface area contributed by atoms with Gasteiger partial charge in [-0.15, -0.1) is 0 Å². The topological polar surface area (TPSA) is 6.48 Å². The summed E-state index contributed by atoms with van der Waals surface area (Å²) in [6, 6.07) is 69.2. The Kier molecular flexibility index (Phi) is 16.8. The molecule has 7 aromatic carbocycles. The summed E-state index contributed by atoms with van der Waals surface area (Å²) in [5, 5.41) is 0. The van der Waals surface area contributed by atoms with Crippen LogP contribution in [0.2, 0.25) is 0 Å². The van der Waals surface area contributed by atoms with Crippen LogP contribution in [0, 0.1) is 0 Å². The van der Waals surface area contributed by atoms with Crippen LogP contribution in [-0.4, -0.2) is 0 Å². The molecule has 1 aliphatic carbocycles. The van der Waals surface area contributed by atoms with Crippen molar-refractivity contribution in [3.8, 4) is 11.1 Å². The molecule has 70 heavy (non-hydrogen) atoms. The van der Waals surface area contributed by atoms with Crippen molar-refractivity contribution in [3.63, 3.8) is 0 Å². The highest BCUT2D eigenvalue weighted by molar-refractivity contribution is 5.80. The second-order valence-corrected chi connectivity index (χ2v) is 17.2. The molecule has 344 valence electrons. The highest BCUT2D eigenvalue weighted by Gasteiger charge is 2.17. The average Bonchev–Trinajstić information content (AvgIpc) is 3.64. The van der Waals surface area contributed by atoms with Gasteiger partial charge >= 0.3 is 0 Å². The third kappa shape index (κ3) is 12.3. The summed E-state index contributed by atoms with van der Waals surface area (Å²) < 4.78 is 0. The van der Waals surface area contributed by atoms with Crippen LogP contribution in [0.25, 0.3) is 27.8 Å². The highest BCUT2D eigenvalue weighted by Crippen LogP contribution is 2.37. The first-order chi connectivity index (χ1) is 34.5. The molecule has 1 unspecified atom stereocenters. The molecule has 8 rings (SSSR count). The van der Waals surface area contributed by atoms with E-state index in [0.717, 1.165) is 58.0 Å². The van der Waals surface area contributed by atoms with Crippen LogP contribution in [0.15, 0.2) is 297 Å². The van der Waals surface area contributed by atoms with Gasteiger partial charge in [-0.25, -0.2) is 0 Å². The summed E-state index contributed by atoms with van der Waals surface area (Å²) in [5.74, 6) is 0.304. The summed E-state index contributed by atoms with van der Waals surface area (Å²) in [5.41, 5.74) is 17.6. The molecule has 0 spiro atoms. The van der Waals surface area contributed by atoms with Crippen molar-refractivity contribution in [2.45, 2.75) is 39.5 Å². The monoisotopic (exact) mass is 906 g/mol. The van der Waals surface area contributed by atoms with Crippen molar-refractivity contribution in [2.75, 3.05) is 9.80 Å². The molecule has 0 N–H and O–H groups in total. The number of nitrogens with zero attached hydrogens (tertiary/aromatic N) is 2. The number of hydrogen-bond donors (Lipinski definition) is 0. The van der Waals surface area contributed by atoms with Gasteiger partial charge in [0.15, 0.2) is 0 Å². The maximum atomic E-state index is 4.10. The molecule has 0 heterocycles. The molecule has 0 fully saturated rings. The van der Waals surface area contributed by atoms with E-state index in [2.05, 4.69) is 297 Å². The van der Waals surface area contributed by atoms with Gasteiger partial charge in [-0.3, -0.25) is 0 Å². The van der Waals surface area contributed by atoms with Gasteiger partial charge in [-0.1, -0.05) is 226 Å². The Morgan fingerprint density at radius 3 is 1.74 bits per heavy atom. The van der Waals surface area contributed by atoms with Crippen molar-refractivity contribution in [3.05, 3.63) is 319 Å². The Morgan fingerprint density at radius 1 is 0.557 bits per heavy atom. The molecule has 0 saturated heterocycles. The number of hydrogen-bond acceptors (Lipinski definition) is 2. The minimum absolute atomic E-state index is 0.304. The van der Waals surface area contributed by atoms with Gasteiger partial charge < -0.3 is 9.80 Å². The van der Waals surface area contributed by atoms with Gasteiger partial charge in [0.25, 0.3) is 0 Å². The van der Waals surface area contributed by atoms with Gasteiger partial charge in [0.05, 0.1) is 0 Å². The van der Waals surface area contributed by atoms with Gasteiger partial charge in [0.1, 0.15) is 0 Å². The van der Waals surface area contributed by atoms with E-state index >= 15 is 0 Å². The molecule has 1 atom stereocenters. The van der Waals surface area contributed by atoms with Crippen molar-refractivity contribution >= 4 is 39.5 Å². The molecular weight excluding hydrogens is 845 g/mol. The minimum atomic E-state index is 0.304. The molecule has 7 aromatic rings. The van der Waals surface area contributed by atoms with Crippen LogP contribution in [0.3, 0.4) is 0 Å². The number of allylic oxidation sites excluding steroid dienone is 17. The van der Waals surface area contributed by atoms with Crippen LogP contribution in [-0.2, 0) is 0 Å². The van der Waals surface area contributed by atoms with E-state index in [1.165, 1.54) is 39.0 Å². The van der Waals surface area contributed by atoms with Crippen molar-refractivity contribution < 1.29 is 0 Å². The van der Waals surface area contributed by atoms with Crippen molar-refractivity contribution in [2.24, 2.45) is 0 Å². The van der Waals surface area contributed by atoms with Gasteiger partial charge in [0, 0.05) is 34.6 Å². The Morgan fingerprint density at radius 2 is 1.11 bits per heavy atom. The summed E-state index contributed by atoms with van der Waals surface area (Å²) in [4.78, 5) is 4.62. The van der Waals surface area contributed by atoms with Crippen LogP contribution < -0.4 is 9.80 Å². The first-order valence-electron chi connectivity index (χ1n) is 24.4. The van der Waals surface area contributed by atoms with E-state index in [0.29, 0.717) is 5.92 Å². The SMILES string of the molecule is C=C/C(=C\C=C\N(c1ccc(C(/C=C\CC2=C(c3ccccc3)CC=C(N(c3ccccc3)c3ccc(-c4ccccc4)cc3)C=C2)=C/C)cc1)c1ccc(C(C)/C=C\C=C/C)cc1)c1ccccc1. The highest BCUT2D eigenvalue weighted by atomic mass is 15.1. The predicted octanol–water partition coefficient (Wildman–Crippen LogP) is 19.0. The standard InChI is InChI=1S/C68H62N2/c1-5-8-13-24-53(4)56-36-43-63(44-37-56)69(52-23-33-55(7-3)57-25-14-9-15-26-57)64-45-38-59(39-46-64)54(6-2)31-22-32-62-42-49-67(50-51-68(62)61-29-18-11-19-30-61)70(65-34-20-12-21-35-65)66-47-40-60(41-48-66)58-27-16-10-17-28-58/h5-31,33-50,52-53H,3,32,51H2,1-2,4H3/b8-5-,24-13-,31-22-,52-23+,54-6+,55-33+. The molecule has 1 aliphatic rings. The van der Waals surface area contributed by atoms with Crippen LogP contribution in [0.4, 0.5) is 22.7 Å². The zero-order chi connectivity index (χ0) is 48.3. The second-order valence-electron chi connectivity index (χ2n) is 17.2. The zero-order valence-electron chi connectivity index (χ0n) is 40.7. The Labute approximate surface area is 417 Å².